The van der Waals surface area contributed by atoms with E-state index in [0.717, 1.165) is 16.8 Å². The van der Waals surface area contributed by atoms with Crippen LogP contribution < -0.4 is 20.9 Å². The Morgan fingerprint density at radius 3 is 2.45 bits per heavy atom. The molecule has 0 atom stereocenters. The summed E-state index contributed by atoms with van der Waals surface area (Å²) in [7, 11) is -3.41. The number of amides is 1. The lowest BCUT2D eigenvalue weighted by Crippen LogP contribution is -2.37. The van der Waals surface area contributed by atoms with Gasteiger partial charge in [0.2, 0.25) is 10.0 Å². The molecule has 3 rings (SSSR count). The van der Waals surface area contributed by atoms with E-state index in [1.165, 1.54) is 0 Å². The van der Waals surface area contributed by atoms with Crippen LogP contribution in [0.2, 0.25) is 0 Å². The molecule has 9 heteroatoms. The molecule has 0 aliphatic carbocycles. The predicted octanol–water partition coefficient (Wildman–Crippen LogP) is 1.48. The molecule has 156 valence electrons. The van der Waals surface area contributed by atoms with Gasteiger partial charge in [0.25, 0.3) is 5.91 Å². The highest BCUT2D eigenvalue weighted by Gasteiger charge is 2.21. The molecule has 1 saturated heterocycles. The van der Waals surface area contributed by atoms with Crippen LogP contribution in [0.15, 0.2) is 42.5 Å². The molecular formula is C20H26N4O4S. The summed E-state index contributed by atoms with van der Waals surface area (Å²) in [5.74, 6) is 4.83. The van der Waals surface area contributed by atoms with Gasteiger partial charge in [0, 0.05) is 18.7 Å². The van der Waals surface area contributed by atoms with Gasteiger partial charge in [-0.25, -0.2) is 14.3 Å². The maximum atomic E-state index is 12.2. The number of nitrogens with zero attached hydrogens (tertiary/aromatic N) is 1. The Bertz CT molecular complexity index is 955. The zero-order valence-electron chi connectivity index (χ0n) is 16.3. The largest absolute Gasteiger partial charge is 0.378 e. The molecule has 1 amide bonds. The number of ether oxygens (including phenoxy) is 1. The van der Waals surface area contributed by atoms with Crippen LogP contribution in [0, 0.1) is 0 Å². The minimum Gasteiger partial charge on any atom is -0.378 e. The molecule has 0 unspecified atom stereocenters. The number of hydrazine groups is 1. The van der Waals surface area contributed by atoms with E-state index in [2.05, 4.69) is 15.0 Å². The summed E-state index contributed by atoms with van der Waals surface area (Å²) in [4.78, 5) is 13.8. The molecule has 2 aromatic carbocycles. The van der Waals surface area contributed by atoms with Gasteiger partial charge in [-0.15, -0.1) is 0 Å². The molecule has 0 bridgehead atoms. The highest BCUT2D eigenvalue weighted by atomic mass is 32.2. The molecule has 0 saturated carbocycles. The molecule has 8 nitrogen and oxygen atoms in total. The van der Waals surface area contributed by atoms with Gasteiger partial charge in [-0.05, 0) is 42.7 Å². The standard InChI is InChI=1S/C20H26N4O4S/c1-2-29(26,27)23-18-5-3-4-17(19(18)24-10-12-28-13-11-24)14-15-6-8-16(9-7-15)20(25)22-21/h3-9,23H,2,10-14,21H2,1H3,(H,22,25). The fourth-order valence-corrected chi connectivity index (χ4v) is 3.94. The number of sulfonamides is 1. The first kappa shape index (κ1) is 21.1. The van der Waals surface area contributed by atoms with E-state index in [1.807, 2.05) is 24.3 Å². The summed E-state index contributed by atoms with van der Waals surface area (Å²) in [5.41, 5.74) is 6.04. The Hall–Kier alpha value is -2.62. The van der Waals surface area contributed by atoms with Crippen LogP contribution in [-0.2, 0) is 21.2 Å². The molecule has 2 aromatic rings. The molecular weight excluding hydrogens is 392 g/mol. The van der Waals surface area contributed by atoms with Gasteiger partial charge in [0.15, 0.2) is 0 Å². The number of benzene rings is 2. The zero-order valence-corrected chi connectivity index (χ0v) is 17.2. The number of hydrogen-bond acceptors (Lipinski definition) is 6. The van der Waals surface area contributed by atoms with E-state index >= 15 is 0 Å². The monoisotopic (exact) mass is 418 g/mol. The topological polar surface area (TPSA) is 114 Å². The normalized spacial score (nSPS) is 14.5. The fraction of sp³-hybridized carbons (Fsp3) is 0.350. The molecule has 1 heterocycles. The number of carbonyl (C=O) groups excluding carboxylic acids is 1. The average Bonchev–Trinajstić information content (AvgIpc) is 2.74. The first-order valence-electron chi connectivity index (χ1n) is 9.48. The first-order chi connectivity index (χ1) is 13.9. The third-order valence-electron chi connectivity index (χ3n) is 4.83. The van der Waals surface area contributed by atoms with Gasteiger partial charge in [-0.1, -0.05) is 24.3 Å². The number of anilines is 2. The quantitative estimate of drug-likeness (QED) is 0.357. The summed E-state index contributed by atoms with van der Waals surface area (Å²) in [6.07, 6.45) is 0.596. The Labute approximate surface area is 171 Å². The van der Waals surface area contributed by atoms with E-state index in [0.29, 0.717) is 44.0 Å². The minimum atomic E-state index is -3.41. The van der Waals surface area contributed by atoms with Crippen molar-refractivity contribution < 1.29 is 17.9 Å². The third-order valence-corrected chi connectivity index (χ3v) is 6.13. The molecule has 29 heavy (non-hydrogen) atoms. The molecule has 0 aromatic heterocycles. The van der Waals surface area contributed by atoms with Crippen molar-refractivity contribution in [3.05, 3.63) is 59.2 Å². The van der Waals surface area contributed by atoms with Crippen LogP contribution in [0.25, 0.3) is 0 Å². The third kappa shape index (κ3) is 5.26. The molecule has 1 fully saturated rings. The van der Waals surface area contributed by atoms with Gasteiger partial charge in [0.1, 0.15) is 0 Å². The summed E-state index contributed by atoms with van der Waals surface area (Å²) < 4.78 is 32.6. The lowest BCUT2D eigenvalue weighted by molar-refractivity contribution is 0.0953. The number of nitrogens with two attached hydrogens (primary N) is 1. The molecule has 1 aliphatic heterocycles. The van der Waals surface area contributed by atoms with Crippen molar-refractivity contribution in [3.8, 4) is 0 Å². The van der Waals surface area contributed by atoms with E-state index in [4.69, 9.17) is 10.6 Å². The number of nitrogens with one attached hydrogen (secondary N) is 2. The van der Waals surface area contributed by atoms with Crippen LogP contribution in [0.3, 0.4) is 0 Å². The smallest absolute Gasteiger partial charge is 0.265 e. The SMILES string of the molecule is CCS(=O)(=O)Nc1cccc(Cc2ccc(C(=O)NN)cc2)c1N1CCOCC1. The van der Waals surface area contributed by atoms with Gasteiger partial charge in [0.05, 0.1) is 30.3 Å². The van der Waals surface area contributed by atoms with Crippen LogP contribution in [0.4, 0.5) is 11.4 Å². The van der Waals surface area contributed by atoms with Crippen LogP contribution in [0.5, 0.6) is 0 Å². The van der Waals surface area contributed by atoms with Gasteiger partial charge >= 0.3 is 0 Å². The van der Waals surface area contributed by atoms with Crippen molar-refractivity contribution in [2.45, 2.75) is 13.3 Å². The highest BCUT2D eigenvalue weighted by Crippen LogP contribution is 2.33. The number of hydrogen-bond donors (Lipinski definition) is 3. The van der Waals surface area contributed by atoms with Gasteiger partial charge < -0.3 is 9.64 Å². The molecule has 4 N–H and O–H groups in total. The Morgan fingerprint density at radius 1 is 1.14 bits per heavy atom. The molecule has 0 spiro atoms. The van der Waals surface area contributed by atoms with E-state index in [1.54, 1.807) is 25.1 Å². The van der Waals surface area contributed by atoms with E-state index in [-0.39, 0.29) is 11.7 Å². The Morgan fingerprint density at radius 2 is 1.83 bits per heavy atom. The van der Waals surface area contributed by atoms with Crippen LogP contribution >= 0.6 is 0 Å². The number of carbonyl (C=O) groups is 1. The molecule has 1 aliphatic rings. The second-order valence-electron chi connectivity index (χ2n) is 6.77. The maximum absolute atomic E-state index is 12.2. The molecule has 0 radical (unpaired) electrons. The average molecular weight is 419 g/mol. The highest BCUT2D eigenvalue weighted by molar-refractivity contribution is 7.92. The van der Waals surface area contributed by atoms with Crippen molar-refractivity contribution in [2.75, 3.05) is 41.7 Å². The lowest BCUT2D eigenvalue weighted by atomic mass is 10.00. The second kappa shape index (κ2) is 9.25. The van der Waals surface area contributed by atoms with Crippen LogP contribution in [0.1, 0.15) is 28.4 Å². The minimum absolute atomic E-state index is 0.00441. The van der Waals surface area contributed by atoms with E-state index < -0.39 is 10.0 Å². The van der Waals surface area contributed by atoms with Gasteiger partial charge in [-0.2, -0.15) is 0 Å². The predicted molar refractivity (Wildman–Crippen MR) is 113 cm³/mol. The summed E-state index contributed by atoms with van der Waals surface area (Å²) >= 11 is 0. The number of nitrogen functional groups attached to an aromatic ring is 1. The second-order valence-corrected chi connectivity index (χ2v) is 8.78. The van der Waals surface area contributed by atoms with E-state index in [9.17, 15) is 13.2 Å². The number of morpholine rings is 1. The van der Waals surface area contributed by atoms with Gasteiger partial charge in [-0.3, -0.25) is 14.9 Å². The Balaban J connectivity index is 1.95. The van der Waals surface area contributed by atoms with Crippen molar-refractivity contribution in [1.82, 2.24) is 5.43 Å². The number of para-hydroxylation sites is 1. The fourth-order valence-electron chi connectivity index (χ4n) is 3.29. The first-order valence-corrected chi connectivity index (χ1v) is 11.1. The lowest BCUT2D eigenvalue weighted by Gasteiger charge is -2.32. The van der Waals surface area contributed by atoms with Crippen molar-refractivity contribution in [3.63, 3.8) is 0 Å². The Kier molecular flexibility index (Phi) is 6.73. The van der Waals surface area contributed by atoms with Crippen molar-refractivity contribution in [2.24, 2.45) is 5.84 Å². The zero-order chi connectivity index (χ0) is 20.9. The number of rotatable bonds is 7. The summed E-state index contributed by atoms with van der Waals surface area (Å²) in [5, 5.41) is 0. The van der Waals surface area contributed by atoms with Crippen molar-refractivity contribution in [1.29, 1.82) is 0 Å². The maximum Gasteiger partial charge on any atom is 0.265 e. The summed E-state index contributed by atoms with van der Waals surface area (Å²) in [6.45, 7) is 4.18. The summed E-state index contributed by atoms with van der Waals surface area (Å²) in [6, 6.07) is 12.8. The van der Waals surface area contributed by atoms with Crippen LogP contribution in [-0.4, -0.2) is 46.4 Å². The van der Waals surface area contributed by atoms with Crippen molar-refractivity contribution >= 4 is 27.3 Å².